The van der Waals surface area contributed by atoms with Gasteiger partial charge >= 0.3 is 0 Å². The van der Waals surface area contributed by atoms with Gasteiger partial charge in [-0.05, 0) is 43.7 Å². The molecular formula is C27H37ClN4O3. The fourth-order valence-electron chi connectivity index (χ4n) is 5.31. The molecule has 0 bridgehead atoms. The zero-order chi connectivity index (χ0) is 24.9. The van der Waals surface area contributed by atoms with Crippen molar-refractivity contribution in [2.24, 2.45) is 5.92 Å². The Morgan fingerprint density at radius 1 is 1.17 bits per heavy atom. The lowest BCUT2D eigenvalue weighted by Gasteiger charge is -2.40. The molecule has 1 aromatic heterocycles. The minimum Gasteiger partial charge on any atom is -0.379 e. The average molecular weight is 501 g/mol. The Labute approximate surface area is 213 Å². The van der Waals surface area contributed by atoms with Gasteiger partial charge in [-0.15, -0.1) is 0 Å². The van der Waals surface area contributed by atoms with Gasteiger partial charge in [-0.2, -0.15) is 0 Å². The van der Waals surface area contributed by atoms with E-state index < -0.39 is 0 Å². The summed E-state index contributed by atoms with van der Waals surface area (Å²) in [5.41, 5.74) is 1.16. The van der Waals surface area contributed by atoms with Crippen molar-refractivity contribution in [2.45, 2.75) is 64.6 Å². The third kappa shape index (κ3) is 6.51. The molecule has 1 amide bonds. The Morgan fingerprint density at radius 3 is 2.54 bits per heavy atom. The topological polar surface area (TPSA) is 67.7 Å². The molecule has 0 atom stereocenters. The molecule has 8 heteroatoms. The van der Waals surface area contributed by atoms with Gasteiger partial charge in [-0.1, -0.05) is 37.6 Å². The van der Waals surface area contributed by atoms with Crippen LogP contribution in [0.3, 0.4) is 0 Å². The molecule has 0 spiro atoms. The first-order valence-corrected chi connectivity index (χ1v) is 13.1. The summed E-state index contributed by atoms with van der Waals surface area (Å²) >= 11 is 6.22. The smallest absolute Gasteiger partial charge is 0.274 e. The molecule has 1 aliphatic carbocycles. The van der Waals surface area contributed by atoms with E-state index in [4.69, 9.17) is 21.3 Å². The van der Waals surface area contributed by atoms with E-state index in [0.29, 0.717) is 29.0 Å². The van der Waals surface area contributed by atoms with Gasteiger partial charge in [0.25, 0.3) is 5.91 Å². The molecule has 2 aliphatic rings. The van der Waals surface area contributed by atoms with Crippen molar-refractivity contribution in [2.75, 3.05) is 33.4 Å². The number of Topliss-reactive ketones (excluding diaryl/α,β-unsaturated/α-hetero) is 1. The zero-order valence-corrected chi connectivity index (χ0v) is 21.8. The lowest BCUT2D eigenvalue weighted by Crippen LogP contribution is -2.48. The lowest BCUT2D eigenvalue weighted by atomic mass is 9.89. The van der Waals surface area contributed by atoms with Gasteiger partial charge < -0.3 is 14.2 Å². The molecule has 4 rings (SSSR count). The van der Waals surface area contributed by atoms with Crippen LogP contribution in [0.1, 0.15) is 56.4 Å². The Balaban J connectivity index is 1.48. The van der Waals surface area contributed by atoms with Crippen molar-refractivity contribution in [3.8, 4) is 11.4 Å². The number of rotatable bonds is 8. The Morgan fingerprint density at radius 2 is 1.89 bits per heavy atom. The van der Waals surface area contributed by atoms with Crippen molar-refractivity contribution in [3.05, 3.63) is 41.2 Å². The summed E-state index contributed by atoms with van der Waals surface area (Å²) in [6.07, 6.45) is 6.37. The summed E-state index contributed by atoms with van der Waals surface area (Å²) in [5.74, 6) is 0.894. The predicted molar refractivity (Wildman–Crippen MR) is 138 cm³/mol. The van der Waals surface area contributed by atoms with E-state index >= 15 is 0 Å². The number of imidazole rings is 1. The number of ketones is 1. The molecular weight excluding hydrogens is 464 g/mol. The van der Waals surface area contributed by atoms with Gasteiger partial charge in [0.15, 0.2) is 5.78 Å². The third-order valence-corrected chi connectivity index (χ3v) is 7.39. The lowest BCUT2D eigenvalue weighted by molar-refractivity contribution is -0.120. The van der Waals surface area contributed by atoms with Crippen molar-refractivity contribution >= 4 is 23.3 Å². The number of carbonyl (C=O) groups excluding carboxylic acids is 2. The maximum absolute atomic E-state index is 13.5. The van der Waals surface area contributed by atoms with Gasteiger partial charge in [0.1, 0.15) is 11.5 Å². The van der Waals surface area contributed by atoms with Crippen molar-refractivity contribution < 1.29 is 14.3 Å². The van der Waals surface area contributed by atoms with Crippen LogP contribution in [0, 0.1) is 5.92 Å². The first-order valence-electron chi connectivity index (χ1n) is 12.8. The molecule has 1 saturated heterocycles. The van der Waals surface area contributed by atoms with Crippen LogP contribution in [0.4, 0.5) is 0 Å². The molecule has 0 unspecified atom stereocenters. The maximum atomic E-state index is 13.5. The minimum atomic E-state index is -0.0989. The van der Waals surface area contributed by atoms with Crippen LogP contribution < -0.4 is 0 Å². The van der Waals surface area contributed by atoms with E-state index in [1.165, 1.54) is 0 Å². The van der Waals surface area contributed by atoms with E-state index in [-0.39, 0.29) is 30.2 Å². The molecule has 2 fully saturated rings. The largest absolute Gasteiger partial charge is 0.379 e. The number of ether oxygens (including phenoxy) is 1. The van der Waals surface area contributed by atoms with Crippen LogP contribution in [0.2, 0.25) is 5.02 Å². The fourth-order valence-corrected chi connectivity index (χ4v) is 5.50. The van der Waals surface area contributed by atoms with Crippen LogP contribution >= 0.6 is 11.6 Å². The average Bonchev–Trinajstić information content (AvgIpc) is 3.27. The highest BCUT2D eigenvalue weighted by Crippen LogP contribution is 2.28. The molecule has 2 aromatic rings. The standard InChI is InChI=1S/C27H37ClN4O3/c1-19(2)15-24(33)17-32-18-25(29-26(32)20-5-4-6-21(28)16-20)27(34)30(3)22-7-9-23(10-8-22)31-11-13-35-14-12-31/h4-6,16,18-19,22-23H,7-15,17H2,1-3H3. The molecule has 35 heavy (non-hydrogen) atoms. The summed E-state index contributed by atoms with van der Waals surface area (Å²) in [4.78, 5) is 35.2. The van der Waals surface area contributed by atoms with Crippen LogP contribution in [-0.2, 0) is 16.1 Å². The Hall–Kier alpha value is -2.22. The van der Waals surface area contributed by atoms with Crippen molar-refractivity contribution in [1.29, 1.82) is 0 Å². The van der Waals surface area contributed by atoms with Gasteiger partial charge in [0.2, 0.25) is 0 Å². The van der Waals surface area contributed by atoms with Crippen molar-refractivity contribution in [1.82, 2.24) is 19.4 Å². The first kappa shape index (κ1) is 25.9. The first-order chi connectivity index (χ1) is 16.8. The van der Waals surface area contributed by atoms with E-state index in [9.17, 15) is 9.59 Å². The number of halogens is 1. The number of carbonyl (C=O) groups is 2. The molecule has 0 N–H and O–H groups in total. The summed E-state index contributed by atoms with van der Waals surface area (Å²) in [6.45, 7) is 7.88. The quantitative estimate of drug-likeness (QED) is 0.532. The van der Waals surface area contributed by atoms with Gasteiger partial charge in [0.05, 0.1) is 19.8 Å². The molecule has 1 aromatic carbocycles. The molecule has 190 valence electrons. The SMILES string of the molecule is CC(C)CC(=O)Cn1cc(C(=O)N(C)C2CCC(N3CCOCC3)CC2)nc1-c1cccc(Cl)c1. The number of morpholine rings is 1. The maximum Gasteiger partial charge on any atom is 0.274 e. The molecule has 0 radical (unpaired) electrons. The normalized spacial score (nSPS) is 21.3. The van der Waals surface area contributed by atoms with E-state index in [2.05, 4.69) is 4.90 Å². The fraction of sp³-hybridized carbons (Fsp3) is 0.593. The number of nitrogens with zero attached hydrogens (tertiary/aromatic N) is 4. The number of aromatic nitrogens is 2. The molecule has 1 aliphatic heterocycles. The number of amides is 1. The molecule has 1 saturated carbocycles. The highest BCUT2D eigenvalue weighted by Gasteiger charge is 2.31. The summed E-state index contributed by atoms with van der Waals surface area (Å²) in [7, 11) is 1.88. The van der Waals surface area contributed by atoms with E-state index in [1.54, 1.807) is 16.8 Å². The predicted octanol–water partition coefficient (Wildman–Crippen LogP) is 4.53. The summed E-state index contributed by atoms with van der Waals surface area (Å²) < 4.78 is 7.29. The Kier molecular flexibility index (Phi) is 8.63. The zero-order valence-electron chi connectivity index (χ0n) is 21.1. The van der Waals surface area contributed by atoms with Gasteiger partial charge in [-0.25, -0.2) is 4.98 Å². The second-order valence-electron chi connectivity index (χ2n) is 10.3. The number of hydrogen-bond donors (Lipinski definition) is 0. The summed E-state index contributed by atoms with van der Waals surface area (Å²) in [5, 5.41) is 0.590. The highest BCUT2D eigenvalue weighted by atomic mass is 35.5. The second kappa shape index (κ2) is 11.7. The summed E-state index contributed by atoms with van der Waals surface area (Å²) in [6, 6.07) is 8.16. The van der Waals surface area contributed by atoms with Crippen molar-refractivity contribution in [3.63, 3.8) is 0 Å². The molecule has 7 nitrogen and oxygen atoms in total. The van der Waals surface area contributed by atoms with Crippen LogP contribution in [0.5, 0.6) is 0 Å². The van der Waals surface area contributed by atoms with E-state index in [1.807, 2.05) is 44.0 Å². The Bertz CT molecular complexity index is 1020. The van der Waals surface area contributed by atoms with Crippen LogP contribution in [0.15, 0.2) is 30.5 Å². The van der Waals surface area contributed by atoms with Gasteiger partial charge in [0, 0.05) is 55.4 Å². The van der Waals surface area contributed by atoms with E-state index in [0.717, 1.165) is 57.6 Å². The third-order valence-electron chi connectivity index (χ3n) is 7.16. The van der Waals surface area contributed by atoms with Crippen LogP contribution in [0.25, 0.3) is 11.4 Å². The van der Waals surface area contributed by atoms with Crippen LogP contribution in [-0.4, -0.2) is 76.5 Å². The molecule has 2 heterocycles. The second-order valence-corrected chi connectivity index (χ2v) is 10.7. The minimum absolute atomic E-state index is 0.0989. The number of hydrogen-bond acceptors (Lipinski definition) is 5. The highest BCUT2D eigenvalue weighted by molar-refractivity contribution is 6.30. The van der Waals surface area contributed by atoms with Gasteiger partial charge in [-0.3, -0.25) is 14.5 Å². The monoisotopic (exact) mass is 500 g/mol. The number of benzene rings is 1.